The maximum Gasteiger partial charge on any atom is 0.238 e. The van der Waals surface area contributed by atoms with E-state index < -0.39 is 0 Å². The number of anilines is 1. The predicted octanol–water partition coefficient (Wildman–Crippen LogP) is 4.40. The van der Waals surface area contributed by atoms with E-state index in [1.807, 2.05) is 37.9 Å². The third kappa shape index (κ3) is 4.32. The molecule has 0 unspecified atom stereocenters. The molecule has 0 bridgehead atoms. The van der Waals surface area contributed by atoms with Crippen LogP contribution in [0.5, 0.6) is 0 Å². The van der Waals surface area contributed by atoms with Gasteiger partial charge >= 0.3 is 0 Å². The Morgan fingerprint density at radius 3 is 2.59 bits per heavy atom. The van der Waals surface area contributed by atoms with Crippen molar-refractivity contribution in [2.24, 2.45) is 0 Å². The molecule has 0 aliphatic carbocycles. The molecule has 1 amide bonds. The van der Waals surface area contributed by atoms with Gasteiger partial charge in [0, 0.05) is 11.4 Å². The molecule has 0 spiro atoms. The van der Waals surface area contributed by atoms with Gasteiger partial charge in [0.1, 0.15) is 0 Å². The van der Waals surface area contributed by atoms with E-state index in [9.17, 15) is 4.79 Å². The van der Waals surface area contributed by atoms with Crippen molar-refractivity contribution in [1.82, 2.24) is 4.90 Å². The van der Waals surface area contributed by atoms with E-state index in [0.717, 1.165) is 17.7 Å². The molecular formula is C17H21ClN2OS. The lowest BCUT2D eigenvalue weighted by molar-refractivity contribution is -0.117. The highest BCUT2D eigenvalue weighted by molar-refractivity contribution is 7.10. The zero-order chi connectivity index (χ0) is 16.3. The highest BCUT2D eigenvalue weighted by atomic mass is 35.5. The van der Waals surface area contributed by atoms with Crippen molar-refractivity contribution in [3.05, 3.63) is 50.2 Å². The van der Waals surface area contributed by atoms with Gasteiger partial charge in [-0.25, -0.2) is 0 Å². The number of amides is 1. The number of hydrogen-bond acceptors (Lipinski definition) is 3. The van der Waals surface area contributed by atoms with Crippen molar-refractivity contribution in [1.29, 1.82) is 0 Å². The van der Waals surface area contributed by atoms with Crippen molar-refractivity contribution in [2.45, 2.75) is 27.3 Å². The molecule has 1 aromatic heterocycles. The summed E-state index contributed by atoms with van der Waals surface area (Å²) in [7, 11) is 1.95. The number of aryl methyl sites for hydroxylation is 3. The zero-order valence-electron chi connectivity index (χ0n) is 13.4. The molecule has 0 radical (unpaired) electrons. The van der Waals surface area contributed by atoms with Crippen molar-refractivity contribution in [2.75, 3.05) is 18.9 Å². The van der Waals surface area contributed by atoms with E-state index in [1.165, 1.54) is 10.4 Å². The van der Waals surface area contributed by atoms with Crippen molar-refractivity contribution in [3.63, 3.8) is 0 Å². The van der Waals surface area contributed by atoms with Gasteiger partial charge in [0.2, 0.25) is 5.91 Å². The zero-order valence-corrected chi connectivity index (χ0v) is 14.9. The number of nitrogens with one attached hydrogen (secondary N) is 1. The molecular weight excluding hydrogens is 316 g/mol. The summed E-state index contributed by atoms with van der Waals surface area (Å²) in [6.45, 7) is 7.14. The van der Waals surface area contributed by atoms with Crippen LogP contribution < -0.4 is 5.32 Å². The second-order valence-electron chi connectivity index (χ2n) is 5.69. The fourth-order valence-corrected chi connectivity index (χ4v) is 3.72. The number of likely N-dealkylation sites (N-methyl/N-ethyl adjacent to an activating group) is 1. The van der Waals surface area contributed by atoms with E-state index in [4.69, 9.17) is 11.6 Å². The first kappa shape index (κ1) is 17.0. The summed E-state index contributed by atoms with van der Waals surface area (Å²) in [4.78, 5) is 15.5. The molecule has 0 saturated heterocycles. The Morgan fingerprint density at radius 1 is 1.27 bits per heavy atom. The standard InChI is InChI=1S/C17H21ClN2OS/c1-11-7-13(3)17(14(18)8-11)19-16(21)10-20(4)9-15-12(2)5-6-22-15/h5-8H,9-10H2,1-4H3,(H,19,21). The smallest absolute Gasteiger partial charge is 0.238 e. The van der Waals surface area contributed by atoms with Gasteiger partial charge < -0.3 is 5.32 Å². The van der Waals surface area contributed by atoms with Gasteiger partial charge in [0.25, 0.3) is 0 Å². The van der Waals surface area contributed by atoms with Crippen LogP contribution in [0, 0.1) is 20.8 Å². The second kappa shape index (κ2) is 7.27. The van der Waals surface area contributed by atoms with Crippen LogP contribution in [-0.4, -0.2) is 24.4 Å². The lowest BCUT2D eigenvalue weighted by Crippen LogP contribution is -2.30. The molecule has 22 heavy (non-hydrogen) atoms. The minimum absolute atomic E-state index is 0.0504. The Hall–Kier alpha value is -1.36. The molecule has 2 aromatic rings. The first-order valence-electron chi connectivity index (χ1n) is 7.15. The molecule has 0 fully saturated rings. The van der Waals surface area contributed by atoms with Crippen LogP contribution >= 0.6 is 22.9 Å². The molecule has 0 aliphatic heterocycles. The molecule has 118 valence electrons. The Morgan fingerprint density at radius 2 is 2.00 bits per heavy atom. The lowest BCUT2D eigenvalue weighted by atomic mass is 10.1. The van der Waals surface area contributed by atoms with Crippen molar-refractivity contribution >= 4 is 34.5 Å². The molecule has 1 heterocycles. The van der Waals surface area contributed by atoms with Crippen LogP contribution in [-0.2, 0) is 11.3 Å². The van der Waals surface area contributed by atoms with Crippen LogP contribution in [0.2, 0.25) is 5.02 Å². The van der Waals surface area contributed by atoms with Crippen LogP contribution in [0.3, 0.4) is 0 Å². The summed E-state index contributed by atoms with van der Waals surface area (Å²) in [6, 6.07) is 5.98. The summed E-state index contributed by atoms with van der Waals surface area (Å²) >= 11 is 7.95. The SMILES string of the molecule is Cc1cc(C)c(NC(=O)CN(C)Cc2sccc2C)c(Cl)c1. The highest BCUT2D eigenvalue weighted by Gasteiger charge is 2.12. The Labute approximate surface area is 140 Å². The van der Waals surface area contributed by atoms with Crippen molar-refractivity contribution in [3.8, 4) is 0 Å². The maximum absolute atomic E-state index is 12.2. The van der Waals surface area contributed by atoms with E-state index in [0.29, 0.717) is 17.3 Å². The van der Waals surface area contributed by atoms with E-state index in [-0.39, 0.29) is 5.91 Å². The molecule has 1 N–H and O–H groups in total. The van der Waals surface area contributed by atoms with E-state index >= 15 is 0 Å². The monoisotopic (exact) mass is 336 g/mol. The lowest BCUT2D eigenvalue weighted by Gasteiger charge is -2.17. The number of halogens is 1. The Bertz CT molecular complexity index is 658. The predicted molar refractivity (Wildman–Crippen MR) is 94.9 cm³/mol. The van der Waals surface area contributed by atoms with Gasteiger partial charge in [-0.1, -0.05) is 17.7 Å². The van der Waals surface area contributed by atoms with Gasteiger partial charge in [-0.05, 0) is 62.0 Å². The van der Waals surface area contributed by atoms with Crippen LogP contribution in [0.25, 0.3) is 0 Å². The minimum atomic E-state index is -0.0504. The number of carbonyl (C=O) groups is 1. The molecule has 1 aromatic carbocycles. The van der Waals surface area contributed by atoms with Gasteiger partial charge in [0.05, 0.1) is 17.3 Å². The normalized spacial score (nSPS) is 11.0. The van der Waals surface area contributed by atoms with E-state index in [1.54, 1.807) is 11.3 Å². The summed E-state index contributed by atoms with van der Waals surface area (Å²) in [5.41, 5.74) is 4.05. The molecule has 0 aliphatic rings. The van der Waals surface area contributed by atoms with Crippen LogP contribution in [0.15, 0.2) is 23.6 Å². The summed E-state index contributed by atoms with van der Waals surface area (Å²) < 4.78 is 0. The average molecular weight is 337 g/mol. The van der Waals surface area contributed by atoms with Gasteiger partial charge in [-0.3, -0.25) is 9.69 Å². The fourth-order valence-electron chi connectivity index (χ4n) is 2.37. The molecule has 3 nitrogen and oxygen atoms in total. The molecule has 2 rings (SSSR count). The van der Waals surface area contributed by atoms with Crippen LogP contribution in [0.4, 0.5) is 5.69 Å². The molecule has 0 atom stereocenters. The Balaban J connectivity index is 1.97. The van der Waals surface area contributed by atoms with Crippen molar-refractivity contribution < 1.29 is 4.79 Å². The van der Waals surface area contributed by atoms with Gasteiger partial charge in [0.15, 0.2) is 0 Å². The molecule has 0 saturated carbocycles. The van der Waals surface area contributed by atoms with E-state index in [2.05, 4.69) is 23.7 Å². The summed E-state index contributed by atoms with van der Waals surface area (Å²) in [6.07, 6.45) is 0. The summed E-state index contributed by atoms with van der Waals surface area (Å²) in [5, 5.41) is 5.58. The first-order chi connectivity index (χ1) is 10.4. The second-order valence-corrected chi connectivity index (χ2v) is 7.09. The largest absolute Gasteiger partial charge is 0.323 e. The van der Waals surface area contributed by atoms with Crippen LogP contribution in [0.1, 0.15) is 21.6 Å². The van der Waals surface area contributed by atoms with Gasteiger partial charge in [-0.15, -0.1) is 11.3 Å². The average Bonchev–Trinajstić information content (AvgIpc) is 2.79. The fraction of sp³-hybridized carbons (Fsp3) is 0.353. The summed E-state index contributed by atoms with van der Waals surface area (Å²) in [5.74, 6) is -0.0504. The number of carbonyl (C=O) groups excluding carboxylic acids is 1. The molecule has 5 heteroatoms. The number of hydrogen-bond donors (Lipinski definition) is 1. The minimum Gasteiger partial charge on any atom is -0.323 e. The highest BCUT2D eigenvalue weighted by Crippen LogP contribution is 2.27. The quantitative estimate of drug-likeness (QED) is 0.877. The maximum atomic E-state index is 12.2. The number of benzene rings is 1. The third-order valence-corrected chi connectivity index (χ3v) is 4.80. The first-order valence-corrected chi connectivity index (χ1v) is 8.40. The number of nitrogens with zero attached hydrogens (tertiary/aromatic N) is 1. The Kier molecular flexibility index (Phi) is 5.62. The van der Waals surface area contributed by atoms with Gasteiger partial charge in [-0.2, -0.15) is 0 Å². The number of thiophene rings is 1. The topological polar surface area (TPSA) is 32.3 Å². The third-order valence-electron chi connectivity index (χ3n) is 3.49. The number of rotatable bonds is 5.